The molecule has 1 aromatic rings. The molecule has 21 heavy (non-hydrogen) atoms. The zero-order valence-corrected chi connectivity index (χ0v) is 12.2. The quantitative estimate of drug-likeness (QED) is 0.521. The van der Waals surface area contributed by atoms with Crippen LogP contribution in [-0.2, 0) is 4.74 Å². The van der Waals surface area contributed by atoms with Crippen molar-refractivity contribution in [1.29, 1.82) is 0 Å². The van der Waals surface area contributed by atoms with Crippen molar-refractivity contribution in [2.75, 3.05) is 12.4 Å². The number of esters is 1. The van der Waals surface area contributed by atoms with Crippen LogP contribution in [0.3, 0.4) is 0 Å². The van der Waals surface area contributed by atoms with Crippen molar-refractivity contribution in [2.24, 2.45) is 5.92 Å². The zero-order valence-electron chi connectivity index (χ0n) is 12.2. The molecule has 2 rings (SSSR count). The van der Waals surface area contributed by atoms with E-state index < -0.39 is 10.9 Å². The van der Waals surface area contributed by atoms with Crippen molar-refractivity contribution in [3.05, 3.63) is 27.9 Å². The lowest BCUT2D eigenvalue weighted by Gasteiger charge is -2.27. The number of anilines is 1. The van der Waals surface area contributed by atoms with Gasteiger partial charge in [0.05, 0.1) is 12.0 Å². The number of carbonyl (C=O) groups is 1. The second kappa shape index (κ2) is 6.51. The molecule has 1 aromatic heterocycles. The first kappa shape index (κ1) is 15.2. The fraction of sp³-hybridized carbons (Fsp3) is 0.571. The van der Waals surface area contributed by atoms with Gasteiger partial charge in [-0.05, 0) is 24.8 Å². The Bertz CT molecular complexity index is 547. The minimum absolute atomic E-state index is 0.0643. The van der Waals surface area contributed by atoms with Crippen LogP contribution in [0.15, 0.2) is 12.1 Å². The predicted molar refractivity (Wildman–Crippen MR) is 77.3 cm³/mol. The second-order valence-electron chi connectivity index (χ2n) is 5.43. The van der Waals surface area contributed by atoms with E-state index in [0.717, 1.165) is 19.3 Å². The van der Waals surface area contributed by atoms with Crippen molar-refractivity contribution in [3.8, 4) is 0 Å². The Morgan fingerprint density at radius 2 is 2.24 bits per heavy atom. The summed E-state index contributed by atoms with van der Waals surface area (Å²) in [6.07, 6.45) is 4.16. The molecule has 0 aliphatic heterocycles. The van der Waals surface area contributed by atoms with Gasteiger partial charge in [0.2, 0.25) is 5.82 Å². The van der Waals surface area contributed by atoms with E-state index >= 15 is 0 Å². The van der Waals surface area contributed by atoms with Crippen LogP contribution in [0.2, 0.25) is 0 Å². The van der Waals surface area contributed by atoms with E-state index in [1.807, 2.05) is 0 Å². The molecule has 1 heterocycles. The van der Waals surface area contributed by atoms with Gasteiger partial charge in [0.25, 0.3) is 0 Å². The van der Waals surface area contributed by atoms with Crippen molar-refractivity contribution in [2.45, 2.75) is 38.6 Å². The summed E-state index contributed by atoms with van der Waals surface area (Å²) in [5, 5.41) is 14.2. The highest BCUT2D eigenvalue weighted by atomic mass is 16.6. The number of nitrogens with zero attached hydrogens (tertiary/aromatic N) is 2. The molecule has 0 bridgehead atoms. The molecule has 1 N–H and O–H groups in total. The van der Waals surface area contributed by atoms with Gasteiger partial charge in [-0.3, -0.25) is 10.1 Å². The summed E-state index contributed by atoms with van der Waals surface area (Å²) in [5.41, 5.74) is -0.0599. The molecule has 0 saturated heterocycles. The van der Waals surface area contributed by atoms with Crippen LogP contribution in [-0.4, -0.2) is 29.0 Å². The van der Waals surface area contributed by atoms with E-state index in [4.69, 9.17) is 0 Å². The molecule has 0 spiro atoms. The van der Waals surface area contributed by atoms with Crippen molar-refractivity contribution >= 4 is 17.5 Å². The standard InChI is InChI=1S/C14H19N3O4/c1-9-4-3-5-10(8-9)15-13-12(17(19)20)7-6-11(16-13)14(18)21-2/h6-7,9-10H,3-5,8H2,1-2H3,(H,15,16). The molecule has 1 aliphatic carbocycles. The number of ether oxygens (including phenoxy) is 1. The lowest BCUT2D eigenvalue weighted by Crippen LogP contribution is -2.27. The topological polar surface area (TPSA) is 94.4 Å². The van der Waals surface area contributed by atoms with E-state index in [-0.39, 0.29) is 23.2 Å². The molecular formula is C14H19N3O4. The van der Waals surface area contributed by atoms with Crippen LogP contribution in [0.25, 0.3) is 0 Å². The minimum Gasteiger partial charge on any atom is -0.464 e. The number of pyridine rings is 1. The lowest BCUT2D eigenvalue weighted by atomic mass is 9.87. The maximum Gasteiger partial charge on any atom is 0.356 e. The number of nitrogens with one attached hydrogen (secondary N) is 1. The Labute approximate surface area is 122 Å². The molecule has 0 radical (unpaired) electrons. The largest absolute Gasteiger partial charge is 0.464 e. The fourth-order valence-electron chi connectivity index (χ4n) is 2.68. The molecule has 1 aliphatic rings. The Kier molecular flexibility index (Phi) is 4.72. The summed E-state index contributed by atoms with van der Waals surface area (Å²) in [6, 6.07) is 2.74. The van der Waals surface area contributed by atoms with Crippen LogP contribution in [0.1, 0.15) is 43.1 Å². The number of hydrogen-bond acceptors (Lipinski definition) is 6. The smallest absolute Gasteiger partial charge is 0.356 e. The SMILES string of the molecule is COC(=O)c1ccc([N+](=O)[O-])c(NC2CCCC(C)C2)n1. The highest BCUT2D eigenvalue weighted by Crippen LogP contribution is 2.29. The van der Waals surface area contributed by atoms with Gasteiger partial charge >= 0.3 is 11.7 Å². The third-order valence-corrected chi connectivity index (χ3v) is 3.74. The summed E-state index contributed by atoms with van der Waals surface area (Å²) in [7, 11) is 1.25. The number of rotatable bonds is 4. The first-order valence-electron chi connectivity index (χ1n) is 7.01. The van der Waals surface area contributed by atoms with Gasteiger partial charge in [-0.25, -0.2) is 9.78 Å². The average Bonchev–Trinajstić information content (AvgIpc) is 2.46. The number of nitro groups is 1. The first-order chi connectivity index (χ1) is 10.0. The normalized spacial score (nSPS) is 21.6. The number of methoxy groups -OCH3 is 1. The minimum atomic E-state index is -0.607. The molecule has 2 unspecified atom stereocenters. The summed E-state index contributed by atoms with van der Waals surface area (Å²) >= 11 is 0. The monoisotopic (exact) mass is 293 g/mol. The van der Waals surface area contributed by atoms with Gasteiger partial charge < -0.3 is 10.1 Å². The fourth-order valence-corrected chi connectivity index (χ4v) is 2.68. The highest BCUT2D eigenvalue weighted by Gasteiger charge is 2.24. The van der Waals surface area contributed by atoms with Crippen molar-refractivity contribution in [1.82, 2.24) is 4.98 Å². The van der Waals surface area contributed by atoms with Gasteiger partial charge in [-0.15, -0.1) is 0 Å². The van der Waals surface area contributed by atoms with E-state index in [9.17, 15) is 14.9 Å². The molecule has 1 saturated carbocycles. The number of carbonyl (C=O) groups excluding carboxylic acids is 1. The van der Waals surface area contributed by atoms with E-state index in [2.05, 4.69) is 22.0 Å². The summed E-state index contributed by atoms with van der Waals surface area (Å²) < 4.78 is 4.60. The Morgan fingerprint density at radius 3 is 2.86 bits per heavy atom. The summed E-state index contributed by atoms with van der Waals surface area (Å²) in [4.78, 5) is 26.2. The van der Waals surface area contributed by atoms with Crippen LogP contribution in [0.4, 0.5) is 11.5 Å². The molecular weight excluding hydrogens is 274 g/mol. The van der Waals surface area contributed by atoms with Gasteiger partial charge in [0.1, 0.15) is 0 Å². The predicted octanol–water partition coefficient (Wildman–Crippen LogP) is 2.77. The first-order valence-corrected chi connectivity index (χ1v) is 7.01. The van der Waals surface area contributed by atoms with Gasteiger partial charge in [0, 0.05) is 12.1 Å². The Balaban J connectivity index is 2.25. The maximum atomic E-state index is 11.5. The Morgan fingerprint density at radius 1 is 1.48 bits per heavy atom. The second-order valence-corrected chi connectivity index (χ2v) is 5.43. The maximum absolute atomic E-state index is 11.5. The van der Waals surface area contributed by atoms with E-state index in [1.165, 1.54) is 25.7 Å². The molecule has 1 fully saturated rings. The Hall–Kier alpha value is -2.18. The zero-order chi connectivity index (χ0) is 15.4. The van der Waals surface area contributed by atoms with Gasteiger partial charge in [-0.2, -0.15) is 0 Å². The lowest BCUT2D eigenvalue weighted by molar-refractivity contribution is -0.384. The van der Waals surface area contributed by atoms with Gasteiger partial charge in [0.15, 0.2) is 5.69 Å². The van der Waals surface area contributed by atoms with Crippen molar-refractivity contribution in [3.63, 3.8) is 0 Å². The molecule has 114 valence electrons. The molecule has 0 amide bonds. The number of aromatic nitrogens is 1. The molecule has 0 aromatic carbocycles. The third kappa shape index (κ3) is 3.68. The third-order valence-electron chi connectivity index (χ3n) is 3.74. The van der Waals surface area contributed by atoms with Crippen LogP contribution in [0.5, 0.6) is 0 Å². The molecule has 7 nitrogen and oxygen atoms in total. The van der Waals surface area contributed by atoms with Crippen LogP contribution >= 0.6 is 0 Å². The molecule has 7 heteroatoms. The summed E-state index contributed by atoms with van der Waals surface area (Å²) in [5.74, 6) is 0.117. The summed E-state index contributed by atoms with van der Waals surface area (Å²) in [6.45, 7) is 2.17. The molecule has 2 atom stereocenters. The van der Waals surface area contributed by atoms with E-state index in [1.54, 1.807) is 0 Å². The van der Waals surface area contributed by atoms with Crippen LogP contribution < -0.4 is 5.32 Å². The van der Waals surface area contributed by atoms with Crippen molar-refractivity contribution < 1.29 is 14.5 Å². The average molecular weight is 293 g/mol. The van der Waals surface area contributed by atoms with E-state index in [0.29, 0.717) is 5.92 Å². The highest BCUT2D eigenvalue weighted by molar-refractivity contribution is 5.88. The number of hydrogen-bond donors (Lipinski definition) is 1. The van der Waals surface area contributed by atoms with Crippen LogP contribution in [0, 0.1) is 16.0 Å². The van der Waals surface area contributed by atoms with Gasteiger partial charge in [-0.1, -0.05) is 19.8 Å².